The number of H-pyrrole nitrogens is 1. The Labute approximate surface area is 178 Å². The van der Waals surface area contributed by atoms with Crippen LogP contribution in [0.1, 0.15) is 24.0 Å². The number of nitrogens with zero attached hydrogens (tertiary/aromatic N) is 1. The fraction of sp³-hybridized carbons (Fsp3) is 0.286. The summed E-state index contributed by atoms with van der Waals surface area (Å²) in [4.78, 5) is 33.0. The molecule has 2 N–H and O–H groups in total. The van der Waals surface area contributed by atoms with E-state index in [1.807, 2.05) is 0 Å². The van der Waals surface area contributed by atoms with Crippen molar-refractivity contribution in [3.05, 3.63) is 63.6 Å². The monoisotopic (exact) mass is 429 g/mol. The van der Waals surface area contributed by atoms with Gasteiger partial charge in [0.25, 0.3) is 5.56 Å². The number of allylic oxidation sites excluding steroid dienone is 1. The number of carbonyl (C=O) groups excluding carboxylic acids is 1. The number of hydrogen-bond donors (Lipinski definition) is 2. The molecule has 2 heterocycles. The number of methoxy groups -OCH3 is 3. The molecule has 0 aliphatic carbocycles. The van der Waals surface area contributed by atoms with Crippen molar-refractivity contribution in [2.75, 3.05) is 32.4 Å². The molecule has 0 fully saturated rings. The number of ether oxygens (including phenoxy) is 3. The zero-order chi connectivity index (χ0) is 21.8. The molecule has 1 aromatic carbocycles. The highest BCUT2D eigenvalue weighted by atomic mass is 32.2. The predicted octanol–water partition coefficient (Wildman–Crippen LogP) is 3.07. The highest BCUT2D eigenvalue weighted by Crippen LogP contribution is 2.42. The highest BCUT2D eigenvalue weighted by Gasteiger charge is 2.36. The molecule has 0 spiro atoms. The van der Waals surface area contributed by atoms with Gasteiger partial charge in [-0.2, -0.15) is 0 Å². The lowest BCUT2D eigenvalue weighted by atomic mass is 9.82. The van der Waals surface area contributed by atoms with Crippen molar-refractivity contribution in [2.45, 2.75) is 18.0 Å². The van der Waals surface area contributed by atoms with Crippen LogP contribution in [0, 0.1) is 0 Å². The van der Waals surface area contributed by atoms with Gasteiger partial charge in [0.15, 0.2) is 16.7 Å². The number of aromatic nitrogens is 2. The van der Waals surface area contributed by atoms with Gasteiger partial charge in [0.1, 0.15) is 5.82 Å². The number of rotatable bonds is 7. The molecule has 0 saturated carbocycles. The zero-order valence-corrected chi connectivity index (χ0v) is 18.0. The molecule has 158 valence electrons. The molecule has 30 heavy (non-hydrogen) atoms. The van der Waals surface area contributed by atoms with E-state index >= 15 is 0 Å². The second-order valence-electron chi connectivity index (χ2n) is 6.44. The number of hydrogen-bond acceptors (Lipinski definition) is 8. The largest absolute Gasteiger partial charge is 0.493 e. The summed E-state index contributed by atoms with van der Waals surface area (Å²) in [6.07, 6.45) is 1.73. The quantitative estimate of drug-likeness (QED) is 0.300. The first kappa shape index (κ1) is 21.5. The maximum absolute atomic E-state index is 13.1. The number of carbonyl (C=O) groups is 1. The Hall–Kier alpha value is -3.20. The van der Waals surface area contributed by atoms with Gasteiger partial charge in [0.05, 0.1) is 38.4 Å². The lowest BCUT2D eigenvalue weighted by molar-refractivity contribution is -0.136. The molecule has 1 atom stereocenters. The average Bonchev–Trinajstić information content (AvgIpc) is 2.75. The van der Waals surface area contributed by atoms with Crippen molar-refractivity contribution in [2.24, 2.45) is 0 Å². The van der Waals surface area contributed by atoms with Gasteiger partial charge in [-0.1, -0.05) is 23.9 Å². The van der Waals surface area contributed by atoms with Gasteiger partial charge in [-0.05, 0) is 24.6 Å². The third kappa shape index (κ3) is 3.93. The summed E-state index contributed by atoms with van der Waals surface area (Å²) in [5.41, 5.74) is 1.56. The lowest BCUT2D eigenvalue weighted by Gasteiger charge is -2.29. The lowest BCUT2D eigenvalue weighted by Crippen LogP contribution is -2.31. The number of benzene rings is 1. The highest BCUT2D eigenvalue weighted by molar-refractivity contribution is 7.99. The minimum Gasteiger partial charge on any atom is -0.493 e. The molecular weight excluding hydrogens is 406 g/mol. The summed E-state index contributed by atoms with van der Waals surface area (Å²) in [6, 6.07) is 5.27. The predicted molar refractivity (Wildman–Crippen MR) is 116 cm³/mol. The zero-order valence-electron chi connectivity index (χ0n) is 17.2. The van der Waals surface area contributed by atoms with E-state index in [0.29, 0.717) is 50.6 Å². The molecule has 0 amide bonds. The average molecular weight is 429 g/mol. The van der Waals surface area contributed by atoms with E-state index in [-0.39, 0.29) is 5.56 Å². The molecule has 9 heteroatoms. The van der Waals surface area contributed by atoms with E-state index in [4.69, 9.17) is 14.2 Å². The van der Waals surface area contributed by atoms with Crippen LogP contribution < -0.4 is 20.3 Å². The fourth-order valence-electron chi connectivity index (χ4n) is 3.38. The molecule has 0 radical (unpaired) electrons. The first-order valence-electron chi connectivity index (χ1n) is 9.11. The summed E-state index contributed by atoms with van der Waals surface area (Å²) in [6.45, 7) is 5.43. The van der Waals surface area contributed by atoms with Gasteiger partial charge in [0, 0.05) is 11.4 Å². The number of thioether (sulfide) groups is 1. The molecule has 1 aromatic heterocycles. The summed E-state index contributed by atoms with van der Waals surface area (Å²) in [5.74, 6) is 0.801. The second-order valence-corrected chi connectivity index (χ2v) is 7.44. The minimum atomic E-state index is -0.691. The first-order valence-corrected chi connectivity index (χ1v) is 10.1. The molecule has 3 rings (SSSR count). The molecule has 0 bridgehead atoms. The Balaban J connectivity index is 2.24. The molecule has 1 aliphatic heterocycles. The maximum Gasteiger partial charge on any atom is 0.336 e. The Kier molecular flexibility index (Phi) is 6.51. The van der Waals surface area contributed by atoms with Crippen LogP contribution >= 0.6 is 11.8 Å². The molecule has 1 unspecified atom stereocenters. The van der Waals surface area contributed by atoms with Crippen LogP contribution in [0.5, 0.6) is 11.5 Å². The SMILES string of the molecule is C=CCSc1nc2c(c(=O)[nH]1)C(c1ccc(OC)c(OC)c1)C(C(=O)OC)=C(C)N2. The molecule has 1 aliphatic rings. The first-order chi connectivity index (χ1) is 14.4. The van der Waals surface area contributed by atoms with Crippen molar-refractivity contribution in [3.63, 3.8) is 0 Å². The summed E-state index contributed by atoms with van der Waals surface area (Å²) >= 11 is 1.36. The van der Waals surface area contributed by atoms with E-state index in [2.05, 4.69) is 21.9 Å². The van der Waals surface area contributed by atoms with E-state index < -0.39 is 11.9 Å². The van der Waals surface area contributed by atoms with Crippen LogP contribution in [0.3, 0.4) is 0 Å². The smallest absolute Gasteiger partial charge is 0.336 e. The van der Waals surface area contributed by atoms with Crippen molar-refractivity contribution in [1.29, 1.82) is 0 Å². The van der Waals surface area contributed by atoms with Gasteiger partial charge in [-0.3, -0.25) is 4.79 Å². The second kappa shape index (κ2) is 9.08. The summed E-state index contributed by atoms with van der Waals surface area (Å²) in [5, 5.41) is 3.55. The van der Waals surface area contributed by atoms with Crippen LogP contribution in [-0.2, 0) is 9.53 Å². The number of esters is 1. The van der Waals surface area contributed by atoms with Crippen LogP contribution in [0.25, 0.3) is 0 Å². The number of nitrogens with one attached hydrogen (secondary N) is 2. The Morgan fingerprint density at radius 2 is 2.00 bits per heavy atom. The molecular formula is C21H23N3O5S. The van der Waals surface area contributed by atoms with Gasteiger partial charge in [0.2, 0.25) is 0 Å². The van der Waals surface area contributed by atoms with Crippen LogP contribution in [0.15, 0.2) is 52.1 Å². The third-order valence-electron chi connectivity index (χ3n) is 4.70. The third-order valence-corrected chi connectivity index (χ3v) is 5.57. The van der Waals surface area contributed by atoms with E-state index in [0.717, 1.165) is 0 Å². The van der Waals surface area contributed by atoms with E-state index in [9.17, 15) is 9.59 Å². The summed E-state index contributed by atoms with van der Waals surface area (Å²) in [7, 11) is 4.37. The van der Waals surface area contributed by atoms with Crippen molar-refractivity contribution < 1.29 is 19.0 Å². The summed E-state index contributed by atoms with van der Waals surface area (Å²) < 4.78 is 15.7. The van der Waals surface area contributed by atoms with Gasteiger partial charge >= 0.3 is 5.97 Å². The van der Waals surface area contributed by atoms with E-state index in [1.165, 1.54) is 26.0 Å². The van der Waals surface area contributed by atoms with Gasteiger partial charge in [-0.15, -0.1) is 6.58 Å². The topological polar surface area (TPSA) is 103 Å². The molecule has 2 aromatic rings. The Morgan fingerprint density at radius 3 is 2.63 bits per heavy atom. The van der Waals surface area contributed by atoms with Crippen LogP contribution in [-0.4, -0.2) is 43.0 Å². The number of anilines is 1. The van der Waals surface area contributed by atoms with E-state index in [1.54, 1.807) is 38.3 Å². The van der Waals surface area contributed by atoms with Crippen molar-refractivity contribution >= 4 is 23.5 Å². The van der Waals surface area contributed by atoms with Gasteiger partial charge in [-0.25, -0.2) is 9.78 Å². The number of fused-ring (bicyclic) bond motifs is 1. The fourth-order valence-corrected chi connectivity index (χ4v) is 3.98. The van der Waals surface area contributed by atoms with Gasteiger partial charge < -0.3 is 24.5 Å². The normalized spacial score (nSPS) is 15.1. The maximum atomic E-state index is 13.1. The Morgan fingerprint density at radius 1 is 1.27 bits per heavy atom. The molecule has 8 nitrogen and oxygen atoms in total. The minimum absolute atomic E-state index is 0.330. The molecule has 0 saturated heterocycles. The standard InChI is InChI=1S/C21H23N3O5S/c1-6-9-30-21-23-18-17(19(25)24-21)16(15(11(2)22-18)20(26)29-5)12-7-8-13(27-3)14(10-12)28-4/h6-8,10,16H,1,9H2,2-5H3,(H2,22,23,24,25). The van der Waals surface area contributed by atoms with Crippen molar-refractivity contribution in [1.82, 2.24) is 9.97 Å². The Bertz CT molecular complexity index is 1080. The number of aromatic amines is 1. The van der Waals surface area contributed by atoms with Crippen LogP contribution in [0.4, 0.5) is 5.82 Å². The van der Waals surface area contributed by atoms with Crippen LogP contribution in [0.2, 0.25) is 0 Å². The van der Waals surface area contributed by atoms with Crippen molar-refractivity contribution in [3.8, 4) is 11.5 Å².